The van der Waals surface area contributed by atoms with Gasteiger partial charge in [-0.3, -0.25) is 4.79 Å². The summed E-state index contributed by atoms with van der Waals surface area (Å²) in [5.74, 6) is 2.77. The molecule has 1 aliphatic carbocycles. The van der Waals surface area contributed by atoms with E-state index >= 15 is 0 Å². The summed E-state index contributed by atoms with van der Waals surface area (Å²) in [6, 6.07) is 10.3. The molecule has 0 radical (unpaired) electrons. The van der Waals surface area contributed by atoms with E-state index in [9.17, 15) is 4.79 Å². The summed E-state index contributed by atoms with van der Waals surface area (Å²) >= 11 is 1.79. The Balaban J connectivity index is 1.98. The first kappa shape index (κ1) is 15.2. The van der Waals surface area contributed by atoms with Crippen LogP contribution in [0.5, 0.6) is 0 Å². The zero-order chi connectivity index (χ0) is 14.5. The summed E-state index contributed by atoms with van der Waals surface area (Å²) in [5, 5.41) is 0. The van der Waals surface area contributed by atoms with Crippen LogP contribution in [0.15, 0.2) is 46.6 Å². The Bertz CT molecular complexity index is 491. The second-order valence-electron chi connectivity index (χ2n) is 5.64. The summed E-state index contributed by atoms with van der Waals surface area (Å²) < 4.78 is 5.89. The van der Waals surface area contributed by atoms with Gasteiger partial charge in [0, 0.05) is 28.6 Å². The summed E-state index contributed by atoms with van der Waals surface area (Å²) in [6.07, 6.45) is 0.596. The maximum Gasteiger partial charge on any atom is 0.162 e. The van der Waals surface area contributed by atoms with Gasteiger partial charge in [0.05, 0.1) is 6.61 Å². The quantitative estimate of drug-likeness (QED) is 0.730. The fourth-order valence-corrected chi connectivity index (χ4v) is 3.26. The number of benzene rings is 1. The van der Waals surface area contributed by atoms with E-state index in [4.69, 9.17) is 4.74 Å². The predicted molar refractivity (Wildman–Crippen MR) is 83.8 cm³/mol. The van der Waals surface area contributed by atoms with Gasteiger partial charge in [0.15, 0.2) is 5.78 Å². The number of thioether (sulfide) groups is 1. The van der Waals surface area contributed by atoms with Crippen molar-refractivity contribution in [3.63, 3.8) is 0 Å². The number of Topliss-reactive ketones (excluding diaryl/α,β-unsaturated/α-hetero) is 1. The topological polar surface area (TPSA) is 26.3 Å². The van der Waals surface area contributed by atoms with E-state index in [-0.39, 0.29) is 11.7 Å². The van der Waals surface area contributed by atoms with Gasteiger partial charge in [0.1, 0.15) is 5.76 Å². The van der Waals surface area contributed by atoms with Crippen molar-refractivity contribution >= 4 is 17.5 Å². The molecule has 0 fully saturated rings. The van der Waals surface area contributed by atoms with Crippen molar-refractivity contribution in [2.45, 2.75) is 32.1 Å². The van der Waals surface area contributed by atoms with E-state index in [0.29, 0.717) is 18.9 Å². The molecule has 108 valence electrons. The summed E-state index contributed by atoms with van der Waals surface area (Å²) in [5.41, 5.74) is 0.823. The predicted octanol–water partition coefficient (Wildman–Crippen LogP) is 4.31. The Kier molecular flexibility index (Phi) is 5.30. The largest absolute Gasteiger partial charge is 0.497 e. The van der Waals surface area contributed by atoms with Crippen LogP contribution in [0.1, 0.15) is 27.2 Å². The summed E-state index contributed by atoms with van der Waals surface area (Å²) in [6.45, 7) is 6.83. The number of ketones is 1. The van der Waals surface area contributed by atoms with Crippen LogP contribution in [0.4, 0.5) is 0 Å². The molecular weight excluding hydrogens is 268 g/mol. The minimum absolute atomic E-state index is 0.228. The smallest absolute Gasteiger partial charge is 0.162 e. The van der Waals surface area contributed by atoms with E-state index in [0.717, 1.165) is 17.1 Å². The first-order valence-electron chi connectivity index (χ1n) is 7.12. The van der Waals surface area contributed by atoms with Crippen LogP contribution in [0.3, 0.4) is 0 Å². The second-order valence-corrected chi connectivity index (χ2v) is 6.74. The van der Waals surface area contributed by atoms with Gasteiger partial charge in [-0.2, -0.15) is 0 Å². The highest BCUT2D eigenvalue weighted by Gasteiger charge is 2.31. The molecule has 3 heteroatoms. The van der Waals surface area contributed by atoms with Crippen molar-refractivity contribution in [3.8, 4) is 0 Å². The van der Waals surface area contributed by atoms with E-state index in [1.807, 2.05) is 25.1 Å². The lowest BCUT2D eigenvalue weighted by Gasteiger charge is -2.17. The molecule has 0 saturated heterocycles. The molecule has 0 spiro atoms. The maximum atomic E-state index is 11.9. The van der Waals surface area contributed by atoms with Crippen LogP contribution in [0.25, 0.3) is 0 Å². The zero-order valence-corrected chi connectivity index (χ0v) is 13.2. The van der Waals surface area contributed by atoms with Gasteiger partial charge < -0.3 is 4.74 Å². The third-order valence-corrected chi connectivity index (χ3v) is 4.53. The van der Waals surface area contributed by atoms with Crippen LogP contribution in [0.2, 0.25) is 0 Å². The van der Waals surface area contributed by atoms with Gasteiger partial charge >= 0.3 is 0 Å². The Hall–Kier alpha value is -1.22. The van der Waals surface area contributed by atoms with Crippen LogP contribution in [-0.4, -0.2) is 18.1 Å². The molecule has 1 aromatic rings. The number of hydrogen-bond donors (Lipinski definition) is 0. The molecule has 0 bridgehead atoms. The van der Waals surface area contributed by atoms with Crippen LogP contribution < -0.4 is 0 Å². The minimum Gasteiger partial charge on any atom is -0.497 e. The molecule has 0 aromatic heterocycles. The summed E-state index contributed by atoms with van der Waals surface area (Å²) in [4.78, 5) is 13.1. The Morgan fingerprint density at radius 3 is 2.65 bits per heavy atom. The molecule has 1 aliphatic rings. The molecule has 1 atom stereocenters. The SMILES string of the molecule is CC1=C(OCC(C)C)C(CSc2ccccc2)CC1=O. The number of ether oxygens (including phenoxy) is 1. The lowest BCUT2D eigenvalue weighted by molar-refractivity contribution is -0.115. The zero-order valence-electron chi connectivity index (χ0n) is 12.4. The molecular formula is C17H22O2S. The van der Waals surface area contributed by atoms with Crippen LogP contribution in [-0.2, 0) is 9.53 Å². The fraction of sp³-hybridized carbons (Fsp3) is 0.471. The first-order valence-corrected chi connectivity index (χ1v) is 8.11. The van der Waals surface area contributed by atoms with Crippen molar-refractivity contribution < 1.29 is 9.53 Å². The molecule has 1 aromatic carbocycles. The molecule has 0 heterocycles. The Labute approximate surface area is 125 Å². The molecule has 0 N–H and O–H groups in total. The monoisotopic (exact) mass is 290 g/mol. The fourth-order valence-electron chi connectivity index (χ4n) is 2.24. The average molecular weight is 290 g/mol. The second kappa shape index (κ2) is 6.98. The van der Waals surface area contributed by atoms with Gasteiger partial charge in [-0.05, 0) is 25.0 Å². The number of rotatable bonds is 6. The van der Waals surface area contributed by atoms with Crippen molar-refractivity contribution in [1.29, 1.82) is 0 Å². The highest BCUT2D eigenvalue weighted by atomic mass is 32.2. The molecule has 0 saturated carbocycles. The third kappa shape index (κ3) is 3.89. The maximum absolute atomic E-state index is 11.9. The molecule has 1 unspecified atom stereocenters. The first-order chi connectivity index (χ1) is 9.58. The third-order valence-electron chi connectivity index (χ3n) is 3.36. The van der Waals surface area contributed by atoms with Gasteiger partial charge in [-0.25, -0.2) is 0 Å². The Morgan fingerprint density at radius 2 is 2.00 bits per heavy atom. The van der Waals surface area contributed by atoms with Crippen molar-refractivity contribution in [1.82, 2.24) is 0 Å². The van der Waals surface area contributed by atoms with Gasteiger partial charge in [0.2, 0.25) is 0 Å². The number of carbonyl (C=O) groups is 1. The highest BCUT2D eigenvalue weighted by molar-refractivity contribution is 7.99. The molecule has 0 aliphatic heterocycles. The summed E-state index contributed by atoms with van der Waals surface area (Å²) in [7, 11) is 0. The van der Waals surface area contributed by atoms with Gasteiger partial charge in [0.25, 0.3) is 0 Å². The number of hydrogen-bond acceptors (Lipinski definition) is 3. The van der Waals surface area contributed by atoms with Crippen molar-refractivity contribution in [2.24, 2.45) is 11.8 Å². The van der Waals surface area contributed by atoms with Gasteiger partial charge in [-0.15, -0.1) is 11.8 Å². The number of carbonyl (C=O) groups excluding carboxylic acids is 1. The van der Waals surface area contributed by atoms with Gasteiger partial charge in [-0.1, -0.05) is 32.0 Å². The minimum atomic E-state index is 0.228. The Morgan fingerprint density at radius 1 is 1.30 bits per heavy atom. The van der Waals surface area contributed by atoms with Crippen molar-refractivity contribution in [2.75, 3.05) is 12.4 Å². The van der Waals surface area contributed by atoms with Crippen LogP contribution in [0, 0.1) is 11.8 Å². The standard InChI is InChI=1S/C17H22O2S/c1-12(2)10-19-17-13(3)16(18)9-14(17)11-20-15-7-5-4-6-8-15/h4-8,12,14H,9-11H2,1-3H3. The number of allylic oxidation sites excluding steroid dienone is 2. The van der Waals surface area contributed by atoms with E-state index in [1.165, 1.54) is 4.90 Å². The van der Waals surface area contributed by atoms with E-state index in [2.05, 4.69) is 26.0 Å². The average Bonchev–Trinajstić information content (AvgIpc) is 2.71. The van der Waals surface area contributed by atoms with Crippen LogP contribution >= 0.6 is 11.8 Å². The lowest BCUT2D eigenvalue weighted by atomic mass is 10.1. The molecule has 0 amide bonds. The van der Waals surface area contributed by atoms with Crippen molar-refractivity contribution in [3.05, 3.63) is 41.7 Å². The molecule has 20 heavy (non-hydrogen) atoms. The highest BCUT2D eigenvalue weighted by Crippen LogP contribution is 2.34. The lowest BCUT2D eigenvalue weighted by Crippen LogP contribution is -2.10. The van der Waals surface area contributed by atoms with E-state index < -0.39 is 0 Å². The molecule has 2 nitrogen and oxygen atoms in total. The van der Waals surface area contributed by atoms with E-state index in [1.54, 1.807) is 11.8 Å². The molecule has 2 rings (SSSR count). The normalized spacial score (nSPS) is 19.0.